The van der Waals surface area contributed by atoms with Gasteiger partial charge in [0.2, 0.25) is 10.0 Å². The number of hydrogen-bond donors (Lipinski definition) is 1. The number of benzene rings is 2. The van der Waals surface area contributed by atoms with Crippen LogP contribution in [0.1, 0.15) is 5.56 Å². The van der Waals surface area contributed by atoms with Crippen molar-refractivity contribution in [2.75, 3.05) is 26.2 Å². The average Bonchev–Trinajstić information content (AvgIpc) is 2.58. The van der Waals surface area contributed by atoms with Crippen molar-refractivity contribution in [2.24, 2.45) is 0 Å². The molecule has 24 heavy (non-hydrogen) atoms. The van der Waals surface area contributed by atoms with Crippen molar-refractivity contribution >= 4 is 26.0 Å². The SMILES string of the molecule is O=S(=O)(c1ccc(F)cc1)N1CC[NH+](Cc2ccc(Br)cc2)CC1. The highest BCUT2D eigenvalue weighted by Gasteiger charge is 2.30. The summed E-state index contributed by atoms with van der Waals surface area (Å²) in [6.07, 6.45) is 0. The highest BCUT2D eigenvalue weighted by Crippen LogP contribution is 2.16. The molecule has 4 nitrogen and oxygen atoms in total. The minimum Gasteiger partial charge on any atom is -0.329 e. The molecule has 1 fully saturated rings. The number of rotatable bonds is 4. The molecule has 0 bridgehead atoms. The van der Waals surface area contributed by atoms with Crippen molar-refractivity contribution in [3.63, 3.8) is 0 Å². The first-order valence-corrected chi connectivity index (χ1v) is 10.0. The summed E-state index contributed by atoms with van der Waals surface area (Å²) >= 11 is 3.42. The van der Waals surface area contributed by atoms with Gasteiger partial charge in [-0.1, -0.05) is 28.1 Å². The summed E-state index contributed by atoms with van der Waals surface area (Å²) in [5.41, 5.74) is 1.24. The Labute approximate surface area is 150 Å². The van der Waals surface area contributed by atoms with Crippen molar-refractivity contribution in [1.82, 2.24) is 4.31 Å². The maximum atomic E-state index is 13.0. The fourth-order valence-electron chi connectivity index (χ4n) is 2.87. The Balaban J connectivity index is 1.62. The quantitative estimate of drug-likeness (QED) is 0.828. The van der Waals surface area contributed by atoms with E-state index in [2.05, 4.69) is 28.1 Å². The van der Waals surface area contributed by atoms with E-state index >= 15 is 0 Å². The van der Waals surface area contributed by atoms with E-state index in [0.29, 0.717) is 13.1 Å². The second-order valence-corrected chi connectivity index (χ2v) is 8.76. The third kappa shape index (κ3) is 4.03. The fraction of sp³-hybridized carbons (Fsp3) is 0.294. The van der Waals surface area contributed by atoms with Gasteiger partial charge < -0.3 is 4.90 Å². The Bertz CT molecular complexity index is 786. The number of piperazine rings is 1. The molecule has 0 saturated carbocycles. The third-order valence-corrected chi connectivity index (χ3v) is 6.69. The molecule has 2 aromatic carbocycles. The van der Waals surface area contributed by atoms with Gasteiger partial charge in [-0.2, -0.15) is 4.31 Å². The number of nitrogens with zero attached hydrogens (tertiary/aromatic N) is 1. The summed E-state index contributed by atoms with van der Waals surface area (Å²) in [6, 6.07) is 13.2. The Kier molecular flexibility index (Phi) is 5.34. The van der Waals surface area contributed by atoms with Crippen LogP contribution in [0.25, 0.3) is 0 Å². The Morgan fingerprint density at radius 3 is 2.17 bits per heavy atom. The van der Waals surface area contributed by atoms with Crippen molar-refractivity contribution in [3.05, 3.63) is 64.4 Å². The van der Waals surface area contributed by atoms with Crippen molar-refractivity contribution < 1.29 is 17.7 Å². The van der Waals surface area contributed by atoms with Gasteiger partial charge in [-0.25, -0.2) is 12.8 Å². The van der Waals surface area contributed by atoms with Crippen LogP contribution in [-0.4, -0.2) is 38.9 Å². The zero-order valence-corrected chi connectivity index (χ0v) is 15.5. The number of sulfonamides is 1. The lowest BCUT2D eigenvalue weighted by Gasteiger charge is -2.31. The number of halogens is 2. The largest absolute Gasteiger partial charge is 0.329 e. The molecule has 0 atom stereocenters. The monoisotopic (exact) mass is 413 g/mol. The smallest absolute Gasteiger partial charge is 0.243 e. The zero-order chi connectivity index (χ0) is 17.2. The topological polar surface area (TPSA) is 41.8 Å². The summed E-state index contributed by atoms with van der Waals surface area (Å²) in [5.74, 6) is -0.433. The lowest BCUT2D eigenvalue weighted by atomic mass is 10.2. The minimum atomic E-state index is -3.53. The summed E-state index contributed by atoms with van der Waals surface area (Å²) in [7, 11) is -3.53. The van der Waals surface area contributed by atoms with Gasteiger partial charge in [0, 0.05) is 10.0 Å². The maximum Gasteiger partial charge on any atom is 0.243 e. The van der Waals surface area contributed by atoms with E-state index in [1.165, 1.54) is 39.0 Å². The van der Waals surface area contributed by atoms with Crippen LogP contribution in [-0.2, 0) is 16.6 Å². The van der Waals surface area contributed by atoms with Crippen molar-refractivity contribution in [2.45, 2.75) is 11.4 Å². The summed E-state index contributed by atoms with van der Waals surface area (Å²) in [6.45, 7) is 3.36. The highest BCUT2D eigenvalue weighted by atomic mass is 79.9. The maximum absolute atomic E-state index is 13.0. The highest BCUT2D eigenvalue weighted by molar-refractivity contribution is 9.10. The number of quaternary nitrogens is 1. The van der Waals surface area contributed by atoms with Crippen LogP contribution < -0.4 is 4.90 Å². The number of nitrogens with one attached hydrogen (secondary N) is 1. The second kappa shape index (κ2) is 7.31. The average molecular weight is 414 g/mol. The van der Waals surface area contributed by atoms with E-state index in [1.54, 1.807) is 0 Å². The first kappa shape index (κ1) is 17.5. The van der Waals surface area contributed by atoms with E-state index in [9.17, 15) is 12.8 Å². The van der Waals surface area contributed by atoms with Gasteiger partial charge >= 0.3 is 0 Å². The van der Waals surface area contributed by atoms with E-state index in [1.807, 2.05) is 12.1 Å². The Morgan fingerprint density at radius 1 is 1.00 bits per heavy atom. The molecule has 1 heterocycles. The van der Waals surface area contributed by atoms with Gasteiger partial charge in [0.05, 0.1) is 31.1 Å². The summed E-state index contributed by atoms with van der Waals surface area (Å²) in [5, 5.41) is 0. The number of hydrogen-bond acceptors (Lipinski definition) is 2. The minimum absolute atomic E-state index is 0.153. The fourth-order valence-corrected chi connectivity index (χ4v) is 4.57. The molecule has 1 N–H and O–H groups in total. The molecule has 1 aliphatic heterocycles. The summed E-state index contributed by atoms with van der Waals surface area (Å²) < 4.78 is 40.7. The molecule has 3 rings (SSSR count). The third-order valence-electron chi connectivity index (χ3n) is 4.25. The Hall–Kier alpha value is -1.28. The first-order valence-electron chi connectivity index (χ1n) is 7.79. The molecule has 128 valence electrons. The molecule has 1 saturated heterocycles. The van der Waals surface area contributed by atoms with Crippen molar-refractivity contribution in [1.29, 1.82) is 0 Å². The predicted molar refractivity (Wildman–Crippen MR) is 93.7 cm³/mol. The van der Waals surface area contributed by atoms with E-state index in [-0.39, 0.29) is 4.90 Å². The van der Waals surface area contributed by atoms with Gasteiger partial charge in [-0.05, 0) is 36.4 Å². The van der Waals surface area contributed by atoms with Gasteiger partial charge in [-0.3, -0.25) is 0 Å². The van der Waals surface area contributed by atoms with Crippen LogP contribution in [0.15, 0.2) is 57.9 Å². The van der Waals surface area contributed by atoms with E-state index < -0.39 is 15.8 Å². The predicted octanol–water partition coefficient (Wildman–Crippen LogP) is 1.68. The normalized spacial score (nSPS) is 17.1. The molecule has 0 aromatic heterocycles. The molecule has 0 amide bonds. The molecule has 7 heteroatoms. The summed E-state index contributed by atoms with van der Waals surface area (Å²) in [4.78, 5) is 1.52. The van der Waals surface area contributed by atoms with Gasteiger partial charge in [0.1, 0.15) is 12.4 Å². The van der Waals surface area contributed by atoms with Gasteiger partial charge in [0.25, 0.3) is 0 Å². The first-order chi connectivity index (χ1) is 11.4. The second-order valence-electron chi connectivity index (χ2n) is 5.91. The molecule has 0 aliphatic carbocycles. The van der Waals surface area contributed by atoms with Crippen LogP contribution >= 0.6 is 15.9 Å². The molecule has 2 aromatic rings. The van der Waals surface area contributed by atoms with Gasteiger partial charge in [-0.15, -0.1) is 0 Å². The van der Waals surface area contributed by atoms with Crippen LogP contribution in [0.3, 0.4) is 0 Å². The van der Waals surface area contributed by atoms with E-state index in [0.717, 1.165) is 24.1 Å². The Morgan fingerprint density at radius 2 is 1.58 bits per heavy atom. The van der Waals surface area contributed by atoms with Crippen molar-refractivity contribution in [3.8, 4) is 0 Å². The van der Waals surface area contributed by atoms with Crippen LogP contribution in [0.5, 0.6) is 0 Å². The molecule has 0 radical (unpaired) electrons. The standard InChI is InChI=1S/C17H18BrFN2O2S/c18-15-3-1-14(2-4-15)13-20-9-11-21(12-10-20)24(22,23)17-7-5-16(19)6-8-17/h1-8H,9-13H2/p+1. The lowest BCUT2D eigenvalue weighted by Crippen LogP contribution is -3.13. The molecular weight excluding hydrogens is 395 g/mol. The molecule has 0 spiro atoms. The molecular formula is C17H19BrFN2O2S+. The van der Waals surface area contributed by atoms with Gasteiger partial charge in [0.15, 0.2) is 0 Å². The molecule has 0 unspecified atom stereocenters. The molecule has 1 aliphatic rings. The van der Waals surface area contributed by atoms with Crippen LogP contribution in [0.4, 0.5) is 4.39 Å². The van der Waals surface area contributed by atoms with Crippen LogP contribution in [0.2, 0.25) is 0 Å². The zero-order valence-electron chi connectivity index (χ0n) is 13.1. The van der Waals surface area contributed by atoms with Crippen LogP contribution in [0, 0.1) is 5.82 Å². The lowest BCUT2D eigenvalue weighted by molar-refractivity contribution is -0.917. The van der Waals surface area contributed by atoms with E-state index in [4.69, 9.17) is 0 Å².